The van der Waals surface area contributed by atoms with E-state index in [1.807, 2.05) is 0 Å². The maximum absolute atomic E-state index is 6.25. The first-order valence-electron chi connectivity index (χ1n) is 20.9. The van der Waals surface area contributed by atoms with Crippen LogP contribution in [0.1, 0.15) is 195 Å². The molecule has 0 aromatic heterocycles. The predicted octanol–water partition coefficient (Wildman–Crippen LogP) is 15.8. The maximum Gasteiger partial charge on any atom is 0.487 e. The first kappa shape index (κ1) is 46.8. The van der Waals surface area contributed by atoms with Crippen LogP contribution < -0.4 is 0 Å². The van der Waals surface area contributed by atoms with Gasteiger partial charge in [0.1, 0.15) is 0 Å². The Hall–Kier alpha value is -1.37. The molecule has 292 valence electrons. The molecule has 2 aromatic carbocycles. The fourth-order valence-corrected chi connectivity index (χ4v) is 7.29. The lowest BCUT2D eigenvalue weighted by atomic mass is 9.83. The van der Waals surface area contributed by atoms with Crippen LogP contribution >= 0.6 is 22.6 Å². The van der Waals surface area contributed by atoms with Gasteiger partial charge in [-0.15, -0.1) is 0 Å². The van der Waals surface area contributed by atoms with Crippen LogP contribution in [0.3, 0.4) is 0 Å². The Labute approximate surface area is 337 Å². The summed E-state index contributed by atoms with van der Waals surface area (Å²) in [4.78, 5) is 0. The molecule has 0 aliphatic carbocycles. The highest BCUT2D eigenvalue weighted by Crippen LogP contribution is 2.38. The van der Waals surface area contributed by atoms with E-state index in [0.717, 1.165) is 12.8 Å². The number of hydrogen-bond donors (Lipinski definition) is 0. The van der Waals surface area contributed by atoms with Crippen LogP contribution in [0.2, 0.25) is 0 Å². The molecule has 1 saturated heterocycles. The molecular formula is C48H78BIO2. The molecule has 2 nitrogen and oxygen atoms in total. The molecule has 0 atom stereocenters. The number of aryl methyl sites for hydroxylation is 2. The molecular weight excluding hydrogens is 746 g/mol. The van der Waals surface area contributed by atoms with Gasteiger partial charge in [-0.25, -0.2) is 0 Å². The van der Waals surface area contributed by atoms with E-state index in [0.29, 0.717) is 10.8 Å². The fourth-order valence-electron chi connectivity index (χ4n) is 6.62. The van der Waals surface area contributed by atoms with Crippen molar-refractivity contribution in [3.8, 4) is 0 Å². The third-order valence-electron chi connectivity index (χ3n) is 10.7. The molecule has 0 spiro atoms. The van der Waals surface area contributed by atoms with E-state index >= 15 is 0 Å². The van der Waals surface area contributed by atoms with Crippen LogP contribution in [0.4, 0.5) is 0 Å². The van der Waals surface area contributed by atoms with Gasteiger partial charge in [0.05, 0.1) is 11.2 Å². The van der Waals surface area contributed by atoms with Crippen molar-refractivity contribution in [3.63, 3.8) is 0 Å². The highest BCUT2D eigenvalue weighted by Gasteiger charge is 2.50. The second kappa shape index (κ2) is 22.9. The Morgan fingerprint density at radius 2 is 1.04 bits per heavy atom. The molecule has 0 saturated carbocycles. The minimum Gasteiger partial charge on any atom is -0.400 e. The van der Waals surface area contributed by atoms with Gasteiger partial charge in [-0.1, -0.05) is 171 Å². The molecule has 1 aliphatic rings. The molecule has 0 unspecified atom stereocenters. The molecule has 0 amide bonds. The smallest absolute Gasteiger partial charge is 0.400 e. The fraction of sp³-hybridized carbons (Fsp3) is 0.667. The minimum atomic E-state index is -0.293. The number of benzene rings is 2. The third kappa shape index (κ3) is 18.3. The molecule has 4 heteroatoms. The summed E-state index contributed by atoms with van der Waals surface area (Å²) in [7, 11) is -0.275. The number of unbranched alkanes of at least 4 members (excludes halogenated alkanes) is 6. The van der Waals surface area contributed by atoms with Crippen LogP contribution in [-0.4, -0.2) is 18.3 Å². The summed E-state index contributed by atoms with van der Waals surface area (Å²) in [6.07, 6.45) is 20.2. The van der Waals surface area contributed by atoms with Crippen molar-refractivity contribution in [2.75, 3.05) is 0 Å². The standard InChI is InChI=1S/C27H45BO2.C21H33I/c1-9-10-17-24(21-28-29-26(5,6)27(7,8)30-28)23-18-14-16-22(20-23)15-12-11-13-19-25(2,3)4;1-5-6-13-20(17-22)19-14-10-12-18(16-19)11-8-7-9-15-21(2,3)4/h14,16,18,20-21H,9-13,15,17,19H2,1-8H3;10,12,14,16-17H,5-9,11,13,15H2,1-4H3/b24-21+;20-17+. The number of halogens is 1. The van der Waals surface area contributed by atoms with E-state index in [2.05, 4.69) is 164 Å². The molecule has 0 radical (unpaired) electrons. The second-order valence-corrected chi connectivity index (χ2v) is 19.4. The average molecular weight is 825 g/mol. The average Bonchev–Trinajstić information content (AvgIpc) is 3.27. The Morgan fingerprint density at radius 1 is 0.615 bits per heavy atom. The van der Waals surface area contributed by atoms with Crippen molar-refractivity contribution >= 4 is 40.9 Å². The van der Waals surface area contributed by atoms with Gasteiger partial charge in [-0.3, -0.25) is 0 Å². The number of hydrogen-bond acceptors (Lipinski definition) is 2. The molecule has 3 rings (SSSR count). The van der Waals surface area contributed by atoms with Crippen LogP contribution in [0, 0.1) is 10.8 Å². The van der Waals surface area contributed by atoms with Crippen LogP contribution in [0.5, 0.6) is 0 Å². The van der Waals surface area contributed by atoms with Crippen LogP contribution in [0.25, 0.3) is 11.1 Å². The molecule has 1 heterocycles. The van der Waals surface area contributed by atoms with E-state index in [4.69, 9.17) is 9.31 Å². The largest absolute Gasteiger partial charge is 0.487 e. The zero-order chi connectivity index (χ0) is 38.8. The quantitative estimate of drug-likeness (QED) is 0.0798. The molecule has 2 aromatic rings. The van der Waals surface area contributed by atoms with Crippen LogP contribution in [0.15, 0.2) is 58.6 Å². The normalized spacial score (nSPS) is 16.2. The van der Waals surface area contributed by atoms with Gasteiger partial charge in [0.25, 0.3) is 0 Å². The van der Waals surface area contributed by atoms with Gasteiger partial charge in [0, 0.05) is 0 Å². The summed E-state index contributed by atoms with van der Waals surface area (Å²) in [6, 6.07) is 18.3. The van der Waals surface area contributed by atoms with E-state index in [9.17, 15) is 0 Å². The number of allylic oxidation sites excluding steroid dienone is 2. The van der Waals surface area contributed by atoms with E-state index in [-0.39, 0.29) is 18.3 Å². The molecule has 52 heavy (non-hydrogen) atoms. The van der Waals surface area contributed by atoms with Gasteiger partial charge in [-0.05, 0) is 140 Å². The Morgan fingerprint density at radius 3 is 1.44 bits per heavy atom. The van der Waals surface area contributed by atoms with E-state index in [1.54, 1.807) is 0 Å². The second-order valence-electron chi connectivity index (χ2n) is 18.8. The molecule has 0 N–H and O–H groups in total. The van der Waals surface area contributed by atoms with Gasteiger partial charge in [-0.2, -0.15) is 0 Å². The van der Waals surface area contributed by atoms with Crippen LogP contribution in [-0.2, 0) is 22.2 Å². The van der Waals surface area contributed by atoms with Crippen molar-refractivity contribution in [3.05, 3.63) is 80.8 Å². The highest BCUT2D eigenvalue weighted by molar-refractivity contribution is 14.1. The maximum atomic E-state index is 6.25. The summed E-state index contributed by atoms with van der Waals surface area (Å²) >= 11 is 2.39. The van der Waals surface area contributed by atoms with E-state index < -0.39 is 0 Å². The van der Waals surface area contributed by atoms with Gasteiger partial charge in [0.2, 0.25) is 0 Å². The zero-order valence-electron chi connectivity index (χ0n) is 35.9. The first-order valence-corrected chi connectivity index (χ1v) is 22.2. The van der Waals surface area contributed by atoms with Crippen molar-refractivity contribution in [1.29, 1.82) is 0 Å². The summed E-state index contributed by atoms with van der Waals surface area (Å²) in [5.41, 5.74) is 8.89. The highest BCUT2D eigenvalue weighted by atomic mass is 127. The molecule has 1 aliphatic heterocycles. The van der Waals surface area contributed by atoms with Gasteiger partial charge >= 0.3 is 7.12 Å². The topological polar surface area (TPSA) is 18.5 Å². The zero-order valence-corrected chi connectivity index (χ0v) is 38.0. The Balaban J connectivity index is 0.000000378. The van der Waals surface area contributed by atoms with Crippen molar-refractivity contribution in [2.24, 2.45) is 10.8 Å². The van der Waals surface area contributed by atoms with Crippen molar-refractivity contribution < 1.29 is 9.31 Å². The van der Waals surface area contributed by atoms with Crippen molar-refractivity contribution in [1.82, 2.24) is 0 Å². The third-order valence-corrected chi connectivity index (χ3v) is 11.5. The number of rotatable bonds is 19. The lowest BCUT2D eigenvalue weighted by molar-refractivity contribution is 0.00578. The summed E-state index contributed by atoms with van der Waals surface area (Å²) in [5.74, 6) is 2.22. The SMILES string of the molecule is CCCC/C(=C\B1OC(C)(C)C(C)(C)O1)c1cccc(CCCCCC(C)(C)C)c1.CCCC/C(=C\I)c1cccc(CCCCCC(C)(C)C)c1. The summed E-state index contributed by atoms with van der Waals surface area (Å²) < 4.78 is 14.8. The molecule has 0 bridgehead atoms. The molecule has 1 fully saturated rings. The lowest BCUT2D eigenvalue weighted by Gasteiger charge is -2.32. The Kier molecular flexibility index (Phi) is 20.6. The van der Waals surface area contributed by atoms with Crippen molar-refractivity contribution in [2.45, 2.75) is 197 Å². The summed E-state index contributed by atoms with van der Waals surface area (Å²) in [5, 5.41) is 0. The first-order chi connectivity index (χ1) is 24.4. The Bertz CT molecular complexity index is 1340. The van der Waals surface area contributed by atoms with E-state index in [1.165, 1.54) is 123 Å². The summed E-state index contributed by atoms with van der Waals surface area (Å²) in [6.45, 7) is 27.0. The van der Waals surface area contributed by atoms with Gasteiger partial charge < -0.3 is 9.31 Å². The monoisotopic (exact) mass is 825 g/mol. The minimum absolute atomic E-state index is 0.275. The van der Waals surface area contributed by atoms with Gasteiger partial charge in [0.15, 0.2) is 0 Å². The lowest BCUT2D eigenvalue weighted by Crippen LogP contribution is -2.41. The predicted molar refractivity (Wildman–Crippen MR) is 241 cm³/mol.